The van der Waals surface area contributed by atoms with E-state index in [1.165, 1.54) is 6.92 Å². The molecule has 5 nitrogen and oxygen atoms in total. The summed E-state index contributed by atoms with van der Waals surface area (Å²) in [4.78, 5) is 11.4. The molecule has 2 bridgehead atoms. The molecule has 0 saturated carbocycles. The highest BCUT2D eigenvalue weighted by atomic mass is 19.4. The van der Waals surface area contributed by atoms with Crippen LogP contribution in [-0.4, -0.2) is 46.4 Å². The van der Waals surface area contributed by atoms with E-state index in [-0.39, 0.29) is 22.5 Å². The highest BCUT2D eigenvalue weighted by Gasteiger charge is 2.43. The summed E-state index contributed by atoms with van der Waals surface area (Å²) in [5.74, 6) is -0.249. The molecule has 148 valence electrons. The fourth-order valence-corrected chi connectivity index (χ4v) is 4.08. The van der Waals surface area contributed by atoms with Crippen LogP contribution in [0.3, 0.4) is 0 Å². The van der Waals surface area contributed by atoms with E-state index < -0.39 is 17.5 Å². The summed E-state index contributed by atoms with van der Waals surface area (Å²) in [6.45, 7) is 4.60. The van der Waals surface area contributed by atoms with Crippen LogP contribution in [0.4, 0.5) is 19.0 Å². The number of hydrogen-bond acceptors (Lipinski definition) is 5. The first-order chi connectivity index (χ1) is 13.2. The minimum Gasteiger partial charge on any atom is -0.507 e. The number of phenolic OH excluding ortho intramolecular Hbond substituents is 1. The maximum atomic E-state index is 12.9. The number of benzene rings is 1. The van der Waals surface area contributed by atoms with E-state index in [2.05, 4.69) is 9.88 Å². The molecule has 0 unspecified atom stereocenters. The van der Waals surface area contributed by atoms with Crippen molar-refractivity contribution in [2.24, 2.45) is 4.99 Å². The van der Waals surface area contributed by atoms with Crippen LogP contribution in [0.15, 0.2) is 29.3 Å². The lowest BCUT2D eigenvalue weighted by atomic mass is 9.96. The van der Waals surface area contributed by atoms with E-state index in [1.54, 1.807) is 18.3 Å². The first-order valence-electron chi connectivity index (χ1n) is 9.12. The fraction of sp³-hybridized carbons (Fsp3) is 0.400. The summed E-state index contributed by atoms with van der Waals surface area (Å²) < 4.78 is 38.7. The summed E-state index contributed by atoms with van der Waals surface area (Å²) in [7, 11) is 0. The third-order valence-electron chi connectivity index (χ3n) is 5.64. The lowest BCUT2D eigenvalue weighted by molar-refractivity contribution is -0.137. The molecule has 4 rings (SSSR count). The second-order valence-corrected chi connectivity index (χ2v) is 7.61. The standard InChI is InChI=1S/C20H21F3N4O/c1-12-8-14(20(21,22)23)9-16(28)17(12)15-3-2-13(18(24)26-15)10-25-19-4-6-27(11-19)7-5-19/h2-3,8-10,28H,4-7,11H2,1H3,(H2,24,26). The number of rotatable bonds is 3. The molecule has 3 N–H and O–H groups in total. The van der Waals surface area contributed by atoms with Crippen molar-refractivity contribution >= 4 is 12.0 Å². The SMILES string of the molecule is Cc1cc(C(F)(F)F)cc(O)c1-c1ccc(C=NC23CCN(CC2)C3)c(N)n1. The predicted octanol–water partition coefficient (Wildman–Crippen LogP) is 3.63. The number of pyridine rings is 1. The number of nitrogen functional groups attached to an aromatic ring is 1. The van der Waals surface area contributed by atoms with Gasteiger partial charge >= 0.3 is 6.18 Å². The zero-order valence-corrected chi connectivity index (χ0v) is 15.4. The summed E-state index contributed by atoms with van der Waals surface area (Å²) >= 11 is 0. The molecule has 0 atom stereocenters. The quantitative estimate of drug-likeness (QED) is 0.785. The predicted molar refractivity (Wildman–Crippen MR) is 101 cm³/mol. The molecular weight excluding hydrogens is 369 g/mol. The number of hydrogen-bond donors (Lipinski definition) is 2. The van der Waals surface area contributed by atoms with Crippen LogP contribution in [0.5, 0.6) is 5.75 Å². The van der Waals surface area contributed by atoms with Gasteiger partial charge in [-0.1, -0.05) is 0 Å². The van der Waals surface area contributed by atoms with Crippen LogP contribution in [0.25, 0.3) is 11.3 Å². The molecule has 2 aliphatic heterocycles. The number of aryl methyl sites for hydroxylation is 1. The summed E-state index contributed by atoms with van der Waals surface area (Å²) in [5, 5.41) is 10.2. The molecule has 0 spiro atoms. The first-order valence-corrected chi connectivity index (χ1v) is 9.12. The Bertz CT molecular complexity index is 924. The molecule has 0 aliphatic carbocycles. The van der Waals surface area contributed by atoms with Gasteiger partial charge in [0.15, 0.2) is 0 Å². The normalized spacial score (nSPS) is 24.4. The number of piperidine rings is 1. The van der Waals surface area contributed by atoms with Crippen LogP contribution in [0.2, 0.25) is 0 Å². The number of phenols is 1. The van der Waals surface area contributed by atoms with Gasteiger partial charge in [-0.2, -0.15) is 13.2 Å². The third-order valence-corrected chi connectivity index (χ3v) is 5.64. The molecule has 2 aliphatic rings. The zero-order valence-electron chi connectivity index (χ0n) is 15.4. The van der Waals surface area contributed by atoms with Gasteiger partial charge in [0.1, 0.15) is 11.6 Å². The van der Waals surface area contributed by atoms with E-state index in [4.69, 9.17) is 10.7 Å². The number of aromatic nitrogens is 1. The molecular formula is C20H21F3N4O. The average Bonchev–Trinajstić information content (AvgIpc) is 3.21. The fourth-order valence-electron chi connectivity index (χ4n) is 4.08. The van der Waals surface area contributed by atoms with Crippen LogP contribution in [0, 0.1) is 6.92 Å². The highest BCUT2D eigenvalue weighted by Crippen LogP contribution is 2.39. The van der Waals surface area contributed by atoms with Crippen molar-refractivity contribution in [3.8, 4) is 17.0 Å². The summed E-state index contributed by atoms with van der Waals surface area (Å²) in [6, 6.07) is 5.07. The van der Waals surface area contributed by atoms with E-state index in [9.17, 15) is 18.3 Å². The number of fused-ring (bicyclic) bond motifs is 2. The zero-order chi connectivity index (χ0) is 20.1. The Balaban J connectivity index is 1.63. The number of aromatic hydroxyl groups is 1. The number of aliphatic imine (C=N–C) groups is 1. The van der Waals surface area contributed by atoms with Gasteiger partial charge in [-0.05, 0) is 49.6 Å². The van der Waals surface area contributed by atoms with Crippen molar-refractivity contribution in [2.75, 3.05) is 25.4 Å². The Morgan fingerprint density at radius 2 is 1.96 bits per heavy atom. The number of anilines is 1. The van der Waals surface area contributed by atoms with Gasteiger partial charge in [-0.25, -0.2) is 4.98 Å². The van der Waals surface area contributed by atoms with Crippen molar-refractivity contribution < 1.29 is 18.3 Å². The van der Waals surface area contributed by atoms with Crippen LogP contribution < -0.4 is 5.73 Å². The molecule has 3 heterocycles. The van der Waals surface area contributed by atoms with Crippen molar-refractivity contribution in [1.82, 2.24) is 9.88 Å². The summed E-state index contributed by atoms with van der Waals surface area (Å²) in [6.07, 6.45) is -0.718. The van der Waals surface area contributed by atoms with Crippen molar-refractivity contribution in [1.29, 1.82) is 0 Å². The van der Waals surface area contributed by atoms with E-state index in [0.717, 1.165) is 38.5 Å². The topological polar surface area (TPSA) is 74.7 Å². The van der Waals surface area contributed by atoms with Gasteiger partial charge in [0.05, 0.1) is 16.8 Å². The van der Waals surface area contributed by atoms with Crippen LogP contribution in [0.1, 0.15) is 29.5 Å². The maximum absolute atomic E-state index is 12.9. The van der Waals surface area contributed by atoms with E-state index in [0.29, 0.717) is 17.3 Å². The molecule has 1 aromatic carbocycles. The molecule has 28 heavy (non-hydrogen) atoms. The third kappa shape index (κ3) is 3.32. The Morgan fingerprint density at radius 3 is 2.50 bits per heavy atom. The molecule has 0 radical (unpaired) electrons. The Hall–Kier alpha value is -2.61. The van der Waals surface area contributed by atoms with Crippen molar-refractivity contribution in [3.05, 3.63) is 41.0 Å². The first kappa shape index (κ1) is 18.7. The van der Waals surface area contributed by atoms with Crippen LogP contribution >= 0.6 is 0 Å². The molecule has 2 aromatic rings. The van der Waals surface area contributed by atoms with E-state index >= 15 is 0 Å². The minimum absolute atomic E-state index is 0.0343. The van der Waals surface area contributed by atoms with Crippen molar-refractivity contribution in [2.45, 2.75) is 31.5 Å². The molecule has 2 fully saturated rings. The minimum atomic E-state index is -4.52. The number of alkyl halides is 3. The highest BCUT2D eigenvalue weighted by molar-refractivity contribution is 5.87. The van der Waals surface area contributed by atoms with Gasteiger partial charge in [0, 0.05) is 37.0 Å². The average molecular weight is 390 g/mol. The second kappa shape index (κ2) is 6.48. The number of halogens is 3. The second-order valence-electron chi connectivity index (χ2n) is 7.61. The van der Waals surface area contributed by atoms with Crippen LogP contribution in [-0.2, 0) is 6.18 Å². The van der Waals surface area contributed by atoms with E-state index in [1.807, 2.05) is 0 Å². The molecule has 8 heteroatoms. The summed E-state index contributed by atoms with van der Waals surface area (Å²) in [5.41, 5.74) is 6.63. The Labute approximate surface area is 160 Å². The Morgan fingerprint density at radius 1 is 1.25 bits per heavy atom. The van der Waals surface area contributed by atoms with Gasteiger partial charge in [-0.15, -0.1) is 0 Å². The smallest absolute Gasteiger partial charge is 0.416 e. The maximum Gasteiger partial charge on any atom is 0.416 e. The number of nitrogens with zero attached hydrogens (tertiary/aromatic N) is 3. The molecule has 2 saturated heterocycles. The largest absolute Gasteiger partial charge is 0.507 e. The lowest BCUT2D eigenvalue weighted by Crippen LogP contribution is -2.24. The Kier molecular flexibility index (Phi) is 4.33. The van der Waals surface area contributed by atoms with Crippen molar-refractivity contribution in [3.63, 3.8) is 0 Å². The van der Waals surface area contributed by atoms with Gasteiger partial charge < -0.3 is 15.7 Å². The van der Waals surface area contributed by atoms with Gasteiger partial charge in [0.2, 0.25) is 0 Å². The van der Waals surface area contributed by atoms with Gasteiger partial charge in [-0.3, -0.25) is 4.99 Å². The monoisotopic (exact) mass is 390 g/mol. The molecule has 1 aromatic heterocycles. The number of nitrogens with two attached hydrogens (primary N) is 1. The van der Waals surface area contributed by atoms with Gasteiger partial charge in [0.25, 0.3) is 0 Å². The lowest BCUT2D eigenvalue weighted by Gasteiger charge is -2.19. The molecule has 0 amide bonds.